The first kappa shape index (κ1) is 14.5. The van der Waals surface area contributed by atoms with E-state index in [1.807, 2.05) is 0 Å². The number of phenols is 2. The molecule has 0 spiro atoms. The van der Waals surface area contributed by atoms with Crippen molar-refractivity contribution in [1.82, 2.24) is 0 Å². The van der Waals surface area contributed by atoms with Gasteiger partial charge in [-0.1, -0.05) is 23.2 Å². The van der Waals surface area contributed by atoms with Crippen molar-refractivity contribution in [3.05, 3.63) is 51.5 Å². The first-order chi connectivity index (χ1) is 9.38. The minimum absolute atomic E-state index is 0.0506. The van der Waals surface area contributed by atoms with Gasteiger partial charge in [0.2, 0.25) is 0 Å². The van der Waals surface area contributed by atoms with Gasteiger partial charge in [-0.15, -0.1) is 0 Å². The van der Waals surface area contributed by atoms with Crippen molar-refractivity contribution < 1.29 is 15.0 Å². The zero-order chi connectivity index (χ0) is 14.9. The van der Waals surface area contributed by atoms with E-state index in [2.05, 4.69) is 5.32 Å². The van der Waals surface area contributed by atoms with Crippen molar-refractivity contribution >= 4 is 34.8 Å². The number of benzene rings is 2. The molecule has 0 saturated carbocycles. The van der Waals surface area contributed by atoms with Crippen LogP contribution in [0.3, 0.4) is 0 Å². The minimum Gasteiger partial charge on any atom is -0.508 e. The average Bonchev–Trinajstić information content (AvgIpc) is 2.39. The second-order valence-electron chi connectivity index (χ2n) is 4.24. The summed E-state index contributed by atoms with van der Waals surface area (Å²) >= 11 is 11.6. The van der Waals surface area contributed by atoms with E-state index in [9.17, 15) is 15.0 Å². The Bertz CT molecular complexity index is 663. The quantitative estimate of drug-likeness (QED) is 0.735. The molecule has 2 rings (SSSR count). The molecule has 0 radical (unpaired) electrons. The summed E-state index contributed by atoms with van der Waals surface area (Å²) in [4.78, 5) is 12.0. The Morgan fingerprint density at radius 1 is 1.10 bits per heavy atom. The summed E-state index contributed by atoms with van der Waals surface area (Å²) in [6.45, 7) is 1.69. The van der Waals surface area contributed by atoms with Gasteiger partial charge in [-0.2, -0.15) is 0 Å². The predicted molar refractivity (Wildman–Crippen MR) is 78.9 cm³/mol. The largest absolute Gasteiger partial charge is 0.508 e. The highest BCUT2D eigenvalue weighted by Crippen LogP contribution is 2.34. The molecule has 2 aromatic carbocycles. The smallest absolute Gasteiger partial charge is 0.255 e. The number of hydrogen-bond donors (Lipinski definition) is 3. The van der Waals surface area contributed by atoms with E-state index in [1.54, 1.807) is 13.0 Å². The molecule has 0 aliphatic rings. The fourth-order valence-electron chi connectivity index (χ4n) is 1.64. The van der Waals surface area contributed by atoms with Crippen LogP contribution in [0.25, 0.3) is 0 Å². The number of aryl methyl sites for hydroxylation is 1. The molecule has 0 fully saturated rings. The number of hydrogen-bond acceptors (Lipinski definition) is 3. The van der Waals surface area contributed by atoms with Crippen LogP contribution in [0.15, 0.2) is 30.3 Å². The molecule has 0 saturated heterocycles. The SMILES string of the molecule is Cc1cc(C(=O)Nc2cc(Cl)c(O)c(Cl)c2)ccc1O. The Labute approximate surface area is 125 Å². The van der Waals surface area contributed by atoms with Crippen molar-refractivity contribution in [2.24, 2.45) is 0 Å². The van der Waals surface area contributed by atoms with E-state index in [4.69, 9.17) is 23.2 Å². The van der Waals surface area contributed by atoms with Gasteiger partial charge >= 0.3 is 0 Å². The number of carbonyl (C=O) groups is 1. The van der Waals surface area contributed by atoms with E-state index in [1.165, 1.54) is 24.3 Å². The number of halogens is 2. The molecule has 0 atom stereocenters. The van der Waals surface area contributed by atoms with E-state index < -0.39 is 0 Å². The number of nitrogens with one attached hydrogen (secondary N) is 1. The second-order valence-corrected chi connectivity index (χ2v) is 5.06. The first-order valence-electron chi connectivity index (χ1n) is 5.67. The van der Waals surface area contributed by atoms with Crippen molar-refractivity contribution in [3.8, 4) is 11.5 Å². The van der Waals surface area contributed by atoms with Crippen LogP contribution in [0.2, 0.25) is 10.0 Å². The molecule has 0 bridgehead atoms. The highest BCUT2D eigenvalue weighted by molar-refractivity contribution is 6.37. The van der Waals surface area contributed by atoms with E-state index in [-0.39, 0.29) is 27.5 Å². The molecular weight excluding hydrogens is 301 g/mol. The lowest BCUT2D eigenvalue weighted by Crippen LogP contribution is -2.12. The zero-order valence-corrected chi connectivity index (χ0v) is 12.0. The highest BCUT2D eigenvalue weighted by atomic mass is 35.5. The van der Waals surface area contributed by atoms with Crippen LogP contribution in [-0.4, -0.2) is 16.1 Å². The lowest BCUT2D eigenvalue weighted by atomic mass is 10.1. The fraction of sp³-hybridized carbons (Fsp3) is 0.0714. The molecule has 0 aliphatic carbocycles. The van der Waals surface area contributed by atoms with Crippen LogP contribution in [0.4, 0.5) is 5.69 Å². The van der Waals surface area contributed by atoms with Crippen LogP contribution in [0.5, 0.6) is 11.5 Å². The van der Waals surface area contributed by atoms with Crippen LogP contribution >= 0.6 is 23.2 Å². The van der Waals surface area contributed by atoms with Crippen LogP contribution in [-0.2, 0) is 0 Å². The monoisotopic (exact) mass is 311 g/mol. The second kappa shape index (κ2) is 5.61. The lowest BCUT2D eigenvalue weighted by Gasteiger charge is -2.09. The Kier molecular flexibility index (Phi) is 4.06. The third kappa shape index (κ3) is 2.98. The number of anilines is 1. The predicted octanol–water partition coefficient (Wildman–Crippen LogP) is 3.97. The van der Waals surface area contributed by atoms with Crippen molar-refractivity contribution in [1.29, 1.82) is 0 Å². The van der Waals surface area contributed by atoms with Gasteiger partial charge in [0.05, 0.1) is 10.0 Å². The zero-order valence-electron chi connectivity index (χ0n) is 10.4. The Balaban J connectivity index is 2.25. The molecule has 0 heterocycles. The normalized spacial score (nSPS) is 10.3. The van der Waals surface area contributed by atoms with Gasteiger partial charge in [-0.25, -0.2) is 0 Å². The summed E-state index contributed by atoms with van der Waals surface area (Å²) in [6.07, 6.45) is 0. The molecule has 3 N–H and O–H groups in total. The van der Waals surface area contributed by atoms with Gasteiger partial charge in [-0.05, 0) is 42.8 Å². The van der Waals surface area contributed by atoms with Crippen LogP contribution in [0, 0.1) is 6.92 Å². The maximum Gasteiger partial charge on any atom is 0.255 e. The molecule has 1 amide bonds. The number of aromatic hydroxyl groups is 2. The highest BCUT2D eigenvalue weighted by Gasteiger charge is 2.11. The molecule has 2 aromatic rings. The Morgan fingerprint density at radius 3 is 2.25 bits per heavy atom. The van der Waals surface area contributed by atoms with Crippen molar-refractivity contribution in [2.75, 3.05) is 5.32 Å². The molecular formula is C14H11Cl2NO3. The molecule has 20 heavy (non-hydrogen) atoms. The summed E-state index contributed by atoms with van der Waals surface area (Å²) in [5.41, 5.74) is 1.36. The molecule has 6 heteroatoms. The Hall–Kier alpha value is -1.91. The van der Waals surface area contributed by atoms with Gasteiger partial charge in [-0.3, -0.25) is 4.79 Å². The minimum atomic E-state index is -0.370. The van der Waals surface area contributed by atoms with Crippen LogP contribution < -0.4 is 5.32 Å². The van der Waals surface area contributed by atoms with Crippen LogP contribution in [0.1, 0.15) is 15.9 Å². The Morgan fingerprint density at radius 2 is 1.70 bits per heavy atom. The summed E-state index contributed by atoms with van der Waals surface area (Å²) < 4.78 is 0. The lowest BCUT2D eigenvalue weighted by molar-refractivity contribution is 0.102. The van der Waals surface area contributed by atoms with Crippen molar-refractivity contribution in [2.45, 2.75) is 6.92 Å². The van der Waals surface area contributed by atoms with Gasteiger partial charge < -0.3 is 15.5 Å². The summed E-state index contributed by atoms with van der Waals surface area (Å²) in [7, 11) is 0. The molecule has 0 aromatic heterocycles. The van der Waals surface area contributed by atoms with Crippen molar-refractivity contribution in [3.63, 3.8) is 0 Å². The molecule has 0 aliphatic heterocycles. The standard InChI is InChI=1S/C14H11Cl2NO3/c1-7-4-8(2-3-12(7)18)14(20)17-9-5-10(15)13(19)11(16)6-9/h2-6,18-19H,1H3,(H,17,20). The number of rotatable bonds is 2. The summed E-state index contributed by atoms with van der Waals surface area (Å²) in [6, 6.07) is 7.30. The summed E-state index contributed by atoms with van der Waals surface area (Å²) in [5.74, 6) is -0.477. The van der Waals surface area contributed by atoms with E-state index in [0.29, 0.717) is 16.8 Å². The molecule has 104 valence electrons. The number of phenolic OH excluding ortho intramolecular Hbond substituents is 2. The van der Waals surface area contributed by atoms with Gasteiger partial charge in [0.15, 0.2) is 5.75 Å². The maximum absolute atomic E-state index is 12.0. The third-order valence-corrected chi connectivity index (χ3v) is 3.31. The van der Waals surface area contributed by atoms with Gasteiger partial charge in [0.1, 0.15) is 5.75 Å². The topological polar surface area (TPSA) is 69.6 Å². The maximum atomic E-state index is 12.0. The van der Waals surface area contributed by atoms with E-state index in [0.717, 1.165) is 0 Å². The van der Waals surface area contributed by atoms with E-state index >= 15 is 0 Å². The number of carbonyl (C=O) groups excluding carboxylic acids is 1. The van der Waals surface area contributed by atoms with Gasteiger partial charge in [0.25, 0.3) is 5.91 Å². The fourth-order valence-corrected chi connectivity index (χ4v) is 2.12. The van der Waals surface area contributed by atoms with Gasteiger partial charge in [0, 0.05) is 11.3 Å². The summed E-state index contributed by atoms with van der Waals surface area (Å²) in [5, 5.41) is 21.6. The number of amides is 1. The average molecular weight is 312 g/mol. The third-order valence-electron chi connectivity index (χ3n) is 2.73. The molecule has 0 unspecified atom stereocenters. The molecule has 4 nitrogen and oxygen atoms in total. The first-order valence-corrected chi connectivity index (χ1v) is 6.43.